The van der Waals surface area contributed by atoms with E-state index in [2.05, 4.69) is 5.32 Å². The lowest BCUT2D eigenvalue weighted by Crippen LogP contribution is -2.40. The Morgan fingerprint density at radius 1 is 1.30 bits per heavy atom. The third-order valence-corrected chi connectivity index (χ3v) is 4.86. The van der Waals surface area contributed by atoms with Crippen LogP contribution in [0.15, 0.2) is 35.2 Å². The summed E-state index contributed by atoms with van der Waals surface area (Å²) in [5.41, 5.74) is -0.964. The van der Waals surface area contributed by atoms with Crippen LogP contribution < -0.4 is 5.32 Å². The summed E-state index contributed by atoms with van der Waals surface area (Å²) >= 11 is 0. The van der Waals surface area contributed by atoms with E-state index in [1.54, 1.807) is 25.1 Å². The number of sulfone groups is 1. The van der Waals surface area contributed by atoms with E-state index in [1.807, 2.05) is 6.92 Å². The number of aliphatic hydroxyl groups is 1. The summed E-state index contributed by atoms with van der Waals surface area (Å²) in [5.74, 6) is -0.616. The fraction of sp³-hybridized carbons (Fsp3) is 0.500. The first-order valence-electron chi connectivity index (χ1n) is 6.54. The molecule has 1 rings (SSSR count). The Morgan fingerprint density at radius 3 is 2.45 bits per heavy atom. The topological polar surface area (TPSA) is 83.5 Å². The van der Waals surface area contributed by atoms with Crippen LogP contribution in [0, 0.1) is 0 Å². The van der Waals surface area contributed by atoms with Crippen molar-refractivity contribution in [2.24, 2.45) is 0 Å². The number of rotatable bonds is 7. The molecule has 1 amide bonds. The molecule has 5 nitrogen and oxygen atoms in total. The molecular weight excluding hydrogens is 278 g/mol. The first-order valence-corrected chi connectivity index (χ1v) is 8.19. The number of benzene rings is 1. The van der Waals surface area contributed by atoms with E-state index >= 15 is 0 Å². The monoisotopic (exact) mass is 299 g/mol. The van der Waals surface area contributed by atoms with E-state index < -0.39 is 15.4 Å². The lowest BCUT2D eigenvalue weighted by molar-refractivity contribution is -0.121. The molecule has 0 heterocycles. The number of amides is 1. The fourth-order valence-corrected chi connectivity index (χ4v) is 2.74. The average Bonchev–Trinajstić information content (AvgIpc) is 2.44. The lowest BCUT2D eigenvalue weighted by Gasteiger charge is -2.21. The largest absolute Gasteiger partial charge is 0.388 e. The maximum atomic E-state index is 12.0. The molecule has 1 aromatic carbocycles. The van der Waals surface area contributed by atoms with Gasteiger partial charge in [0, 0.05) is 13.0 Å². The zero-order chi connectivity index (χ0) is 15.2. The van der Waals surface area contributed by atoms with Crippen LogP contribution in [0.1, 0.15) is 26.7 Å². The van der Waals surface area contributed by atoms with Crippen LogP contribution in [0.5, 0.6) is 0 Å². The second kappa shape index (κ2) is 6.85. The summed E-state index contributed by atoms with van der Waals surface area (Å²) in [7, 11) is -3.44. The van der Waals surface area contributed by atoms with E-state index in [0.717, 1.165) is 0 Å². The van der Waals surface area contributed by atoms with Crippen LogP contribution >= 0.6 is 0 Å². The van der Waals surface area contributed by atoms with Crippen LogP contribution in [-0.2, 0) is 14.6 Å². The van der Waals surface area contributed by atoms with Gasteiger partial charge in [-0.2, -0.15) is 0 Å². The van der Waals surface area contributed by atoms with Gasteiger partial charge in [0.25, 0.3) is 0 Å². The maximum Gasteiger partial charge on any atom is 0.221 e. The van der Waals surface area contributed by atoms with Crippen molar-refractivity contribution >= 4 is 15.7 Å². The summed E-state index contributed by atoms with van der Waals surface area (Å²) in [5, 5.41) is 12.3. The van der Waals surface area contributed by atoms with Gasteiger partial charge in [0.1, 0.15) is 0 Å². The molecule has 20 heavy (non-hydrogen) atoms. The minimum atomic E-state index is -3.44. The van der Waals surface area contributed by atoms with Gasteiger partial charge in [0.05, 0.1) is 16.2 Å². The molecule has 6 heteroatoms. The van der Waals surface area contributed by atoms with Gasteiger partial charge >= 0.3 is 0 Å². The minimum Gasteiger partial charge on any atom is -0.388 e. The summed E-state index contributed by atoms with van der Waals surface area (Å²) in [6, 6.07) is 8.04. The standard InChI is InChI=1S/C14H21NO4S/c1-3-14(2,17)11-15-13(16)9-10-20(18,19)12-7-5-4-6-8-12/h4-8,17H,3,9-11H2,1-2H3,(H,15,16). The van der Waals surface area contributed by atoms with Gasteiger partial charge in [-0.1, -0.05) is 25.1 Å². The number of nitrogens with one attached hydrogen (secondary N) is 1. The van der Waals surface area contributed by atoms with Crippen LogP contribution in [0.25, 0.3) is 0 Å². The van der Waals surface area contributed by atoms with Crippen LogP contribution in [0.4, 0.5) is 0 Å². The number of hydrogen-bond donors (Lipinski definition) is 2. The Labute approximate surface area is 119 Å². The molecule has 0 aliphatic carbocycles. The maximum absolute atomic E-state index is 12.0. The van der Waals surface area contributed by atoms with E-state index in [9.17, 15) is 18.3 Å². The van der Waals surface area contributed by atoms with E-state index in [4.69, 9.17) is 0 Å². The van der Waals surface area contributed by atoms with Crippen molar-refractivity contribution in [1.82, 2.24) is 5.32 Å². The Bertz CT molecular complexity index is 538. The molecule has 0 fully saturated rings. The number of hydrogen-bond acceptors (Lipinski definition) is 4. The fourth-order valence-electron chi connectivity index (χ4n) is 1.48. The molecule has 0 aliphatic heterocycles. The Balaban J connectivity index is 2.49. The molecule has 0 radical (unpaired) electrons. The van der Waals surface area contributed by atoms with Crippen molar-refractivity contribution in [2.45, 2.75) is 37.2 Å². The number of carbonyl (C=O) groups is 1. The molecule has 0 aliphatic rings. The summed E-state index contributed by atoms with van der Waals surface area (Å²) in [6.45, 7) is 3.55. The van der Waals surface area contributed by atoms with Gasteiger partial charge in [-0.05, 0) is 25.5 Å². The van der Waals surface area contributed by atoms with Crippen LogP contribution in [0.3, 0.4) is 0 Å². The third kappa shape index (κ3) is 5.30. The lowest BCUT2D eigenvalue weighted by atomic mass is 10.0. The molecule has 2 N–H and O–H groups in total. The smallest absolute Gasteiger partial charge is 0.221 e. The molecule has 0 aromatic heterocycles. The van der Waals surface area contributed by atoms with Gasteiger partial charge in [-0.3, -0.25) is 4.79 Å². The second-order valence-corrected chi connectivity index (χ2v) is 7.12. The van der Waals surface area contributed by atoms with Gasteiger partial charge in [0.2, 0.25) is 5.91 Å². The molecule has 1 unspecified atom stereocenters. The third-order valence-electron chi connectivity index (χ3n) is 3.13. The highest BCUT2D eigenvalue weighted by molar-refractivity contribution is 7.91. The van der Waals surface area contributed by atoms with Gasteiger partial charge in [-0.25, -0.2) is 8.42 Å². The van der Waals surface area contributed by atoms with Crippen molar-refractivity contribution in [3.63, 3.8) is 0 Å². The van der Waals surface area contributed by atoms with Crippen molar-refractivity contribution in [2.75, 3.05) is 12.3 Å². The summed E-state index contributed by atoms with van der Waals surface area (Å²) in [6.07, 6.45) is 0.395. The summed E-state index contributed by atoms with van der Waals surface area (Å²) in [4.78, 5) is 11.8. The number of carbonyl (C=O) groups excluding carboxylic acids is 1. The molecule has 1 atom stereocenters. The highest BCUT2D eigenvalue weighted by atomic mass is 32.2. The average molecular weight is 299 g/mol. The van der Waals surface area contributed by atoms with E-state index in [1.165, 1.54) is 12.1 Å². The minimum absolute atomic E-state index is 0.114. The molecule has 0 saturated heterocycles. The zero-order valence-corrected chi connectivity index (χ0v) is 12.6. The van der Waals surface area contributed by atoms with Crippen LogP contribution in [0.2, 0.25) is 0 Å². The first-order chi connectivity index (χ1) is 9.27. The van der Waals surface area contributed by atoms with E-state index in [0.29, 0.717) is 6.42 Å². The van der Waals surface area contributed by atoms with Crippen molar-refractivity contribution < 1.29 is 18.3 Å². The molecular formula is C14H21NO4S. The SMILES string of the molecule is CCC(C)(O)CNC(=O)CCS(=O)(=O)c1ccccc1. The Hall–Kier alpha value is -1.40. The normalized spacial score (nSPS) is 14.6. The first kappa shape index (κ1) is 16.7. The molecule has 112 valence electrons. The van der Waals surface area contributed by atoms with Gasteiger partial charge < -0.3 is 10.4 Å². The van der Waals surface area contributed by atoms with Gasteiger partial charge in [-0.15, -0.1) is 0 Å². The van der Waals surface area contributed by atoms with E-state index in [-0.39, 0.29) is 29.5 Å². The predicted molar refractivity (Wildman–Crippen MR) is 77.0 cm³/mol. The predicted octanol–water partition coefficient (Wildman–Crippen LogP) is 1.13. The Morgan fingerprint density at radius 2 is 1.90 bits per heavy atom. The quantitative estimate of drug-likeness (QED) is 0.790. The Kier molecular flexibility index (Phi) is 5.71. The van der Waals surface area contributed by atoms with Gasteiger partial charge in [0.15, 0.2) is 9.84 Å². The second-order valence-electron chi connectivity index (χ2n) is 5.01. The van der Waals surface area contributed by atoms with Crippen molar-refractivity contribution in [3.05, 3.63) is 30.3 Å². The van der Waals surface area contributed by atoms with Crippen molar-refractivity contribution in [3.8, 4) is 0 Å². The molecule has 1 aromatic rings. The van der Waals surface area contributed by atoms with Crippen LogP contribution in [-0.4, -0.2) is 37.3 Å². The zero-order valence-electron chi connectivity index (χ0n) is 11.8. The summed E-state index contributed by atoms with van der Waals surface area (Å²) < 4.78 is 23.9. The highest BCUT2D eigenvalue weighted by Gasteiger charge is 2.20. The molecule has 0 spiro atoms. The molecule has 0 bridgehead atoms. The molecule has 0 saturated carbocycles. The van der Waals surface area contributed by atoms with Crippen molar-refractivity contribution in [1.29, 1.82) is 0 Å². The highest BCUT2D eigenvalue weighted by Crippen LogP contribution is 2.11.